The molecule has 1 atom stereocenters. The predicted octanol–water partition coefficient (Wildman–Crippen LogP) is 4.55. The minimum atomic E-state index is -0.996. The van der Waals surface area contributed by atoms with E-state index in [1.54, 1.807) is 30.2 Å². The predicted molar refractivity (Wildman–Crippen MR) is 219 cm³/mol. The fourth-order valence-electron chi connectivity index (χ4n) is 7.79. The van der Waals surface area contributed by atoms with E-state index in [2.05, 4.69) is 32.1 Å². The molecule has 4 aliphatic heterocycles. The standard InChI is InChI=1S/C41H39ClN10O4S/c1-24-32(57-41-35(24)37(27-8-10-28(42)11-9-27)45-22-33(44)51(41)25(2)43)13-7-26-21-46-50(23-26)16-4-15-48-17-19-49(20-18-48)30-6-3-5-29-36(30)40(56)52(39(29)55)31-12-14-34(53)47-38(31)54/h3,5-6,8-11,21,23,31,43-44H,4,12,14-20,22H2,1-2H3,(H,47,53,54). The van der Waals surface area contributed by atoms with Crippen LogP contribution in [-0.2, 0) is 16.1 Å². The molecule has 16 heteroatoms. The number of thiophene rings is 1. The van der Waals surface area contributed by atoms with Crippen molar-refractivity contribution in [2.75, 3.05) is 49.1 Å². The Morgan fingerprint density at radius 2 is 1.77 bits per heavy atom. The Kier molecular flexibility index (Phi) is 10.3. The Morgan fingerprint density at radius 3 is 2.51 bits per heavy atom. The number of anilines is 2. The van der Waals surface area contributed by atoms with E-state index in [0.717, 1.165) is 68.8 Å². The molecule has 4 aliphatic rings. The van der Waals surface area contributed by atoms with Gasteiger partial charge in [-0.25, -0.2) is 0 Å². The number of carbonyl (C=O) groups is 4. The molecule has 3 N–H and O–H groups in total. The summed E-state index contributed by atoms with van der Waals surface area (Å²) in [4.78, 5) is 63.9. The van der Waals surface area contributed by atoms with Crippen LogP contribution in [0, 0.1) is 29.6 Å². The van der Waals surface area contributed by atoms with Crippen LogP contribution in [0.25, 0.3) is 0 Å². The lowest BCUT2D eigenvalue weighted by Crippen LogP contribution is -2.54. The van der Waals surface area contributed by atoms with Crippen molar-refractivity contribution in [3.8, 4) is 11.8 Å². The first-order valence-electron chi connectivity index (χ1n) is 18.7. The van der Waals surface area contributed by atoms with E-state index in [4.69, 9.17) is 27.4 Å². The van der Waals surface area contributed by atoms with E-state index in [1.807, 2.05) is 48.1 Å². The highest BCUT2D eigenvalue weighted by molar-refractivity contribution is 7.17. The molecular formula is C41H39ClN10O4S. The Hall–Kier alpha value is -5.95. The lowest BCUT2D eigenvalue weighted by Gasteiger charge is -2.36. The molecule has 4 aromatic rings. The molecule has 0 spiro atoms. The zero-order chi connectivity index (χ0) is 40.0. The topological polar surface area (TPSA) is 171 Å². The maximum atomic E-state index is 13.6. The monoisotopic (exact) mass is 802 g/mol. The molecular weight excluding hydrogens is 764 g/mol. The Labute approximate surface area is 338 Å². The molecule has 1 unspecified atom stereocenters. The molecule has 290 valence electrons. The van der Waals surface area contributed by atoms with Gasteiger partial charge < -0.3 is 4.90 Å². The number of fused-ring (bicyclic) bond motifs is 2. The first kappa shape index (κ1) is 37.9. The second kappa shape index (κ2) is 15.5. The number of imide groups is 2. The van der Waals surface area contributed by atoms with Gasteiger partial charge in [-0.1, -0.05) is 41.6 Å². The van der Waals surface area contributed by atoms with Crippen molar-refractivity contribution >= 4 is 74.6 Å². The van der Waals surface area contributed by atoms with Crippen LogP contribution in [0.4, 0.5) is 10.7 Å². The first-order chi connectivity index (χ1) is 27.5. The largest absolute Gasteiger partial charge is 0.368 e. The van der Waals surface area contributed by atoms with Gasteiger partial charge in [0.1, 0.15) is 22.7 Å². The number of aryl methyl sites for hydroxylation is 1. The number of aromatic nitrogens is 2. The van der Waals surface area contributed by atoms with Crippen LogP contribution < -0.4 is 15.1 Å². The van der Waals surface area contributed by atoms with Crippen molar-refractivity contribution in [1.29, 1.82) is 10.8 Å². The van der Waals surface area contributed by atoms with Gasteiger partial charge in [-0.05, 0) is 56.5 Å². The van der Waals surface area contributed by atoms with Gasteiger partial charge in [0.2, 0.25) is 11.8 Å². The number of piperidine rings is 1. The number of piperazine rings is 1. The highest BCUT2D eigenvalue weighted by Crippen LogP contribution is 2.39. The summed E-state index contributed by atoms with van der Waals surface area (Å²) in [6.07, 6.45) is 4.77. The molecule has 2 aromatic carbocycles. The van der Waals surface area contributed by atoms with Crippen LogP contribution >= 0.6 is 22.9 Å². The number of carbonyl (C=O) groups excluding carboxylic acids is 4. The molecule has 2 saturated heterocycles. The van der Waals surface area contributed by atoms with Gasteiger partial charge in [0.25, 0.3) is 11.8 Å². The van der Waals surface area contributed by atoms with Crippen LogP contribution in [0.2, 0.25) is 5.02 Å². The average molecular weight is 803 g/mol. The van der Waals surface area contributed by atoms with Gasteiger partial charge in [-0.15, -0.1) is 11.3 Å². The summed E-state index contributed by atoms with van der Waals surface area (Å²) >= 11 is 7.63. The summed E-state index contributed by atoms with van der Waals surface area (Å²) in [5.74, 6) is 5.06. The third kappa shape index (κ3) is 7.27. The van der Waals surface area contributed by atoms with Crippen molar-refractivity contribution in [1.82, 2.24) is 24.9 Å². The number of aliphatic imine (C=N–C) groups is 1. The van der Waals surface area contributed by atoms with Gasteiger partial charge in [0, 0.05) is 68.0 Å². The summed E-state index contributed by atoms with van der Waals surface area (Å²) in [5, 5.41) is 25.3. The zero-order valence-corrected chi connectivity index (χ0v) is 33.0. The van der Waals surface area contributed by atoms with Crippen LogP contribution in [0.5, 0.6) is 0 Å². The molecule has 8 rings (SSSR count). The van der Waals surface area contributed by atoms with E-state index in [1.165, 1.54) is 11.3 Å². The number of nitrogens with one attached hydrogen (secondary N) is 3. The van der Waals surface area contributed by atoms with Gasteiger partial charge in [0.05, 0.1) is 45.7 Å². The fourth-order valence-corrected chi connectivity index (χ4v) is 9.15. The van der Waals surface area contributed by atoms with Gasteiger partial charge in [-0.2, -0.15) is 5.10 Å². The average Bonchev–Trinajstić information content (AvgIpc) is 3.82. The molecule has 14 nitrogen and oxygen atoms in total. The van der Waals surface area contributed by atoms with Crippen LogP contribution in [0.1, 0.15) is 74.0 Å². The maximum absolute atomic E-state index is 13.6. The molecule has 2 aromatic heterocycles. The van der Waals surface area contributed by atoms with Crippen molar-refractivity contribution in [3.05, 3.63) is 98.1 Å². The minimum absolute atomic E-state index is 0.0788. The van der Waals surface area contributed by atoms with E-state index in [9.17, 15) is 19.2 Å². The Balaban J connectivity index is 0.888. The number of nitrogens with zero attached hydrogens (tertiary/aromatic N) is 7. The van der Waals surface area contributed by atoms with E-state index in [0.29, 0.717) is 35.9 Å². The quantitative estimate of drug-likeness (QED) is 0.106. The van der Waals surface area contributed by atoms with E-state index in [-0.39, 0.29) is 36.6 Å². The minimum Gasteiger partial charge on any atom is -0.368 e. The molecule has 0 saturated carbocycles. The van der Waals surface area contributed by atoms with Crippen LogP contribution in [0.3, 0.4) is 0 Å². The fraction of sp³-hybridized carbons (Fsp3) is 0.317. The SMILES string of the molecule is CC(=N)N1C(=N)CN=C(c2ccc(Cl)cc2)c2c1sc(C#Cc1cnn(CCCN3CCN(c4cccc5c4C(=O)N(C4CCC(=O)NC4=O)C5=O)CC3)c1)c2C. The van der Waals surface area contributed by atoms with Crippen molar-refractivity contribution in [3.63, 3.8) is 0 Å². The molecule has 4 amide bonds. The number of amidine groups is 2. The molecule has 0 bridgehead atoms. The third-order valence-corrected chi connectivity index (χ3v) is 12.1. The molecule has 0 radical (unpaired) electrons. The molecule has 6 heterocycles. The lowest BCUT2D eigenvalue weighted by molar-refractivity contribution is -0.136. The van der Waals surface area contributed by atoms with Crippen LogP contribution in [-0.4, -0.2) is 106 Å². The summed E-state index contributed by atoms with van der Waals surface area (Å²) in [7, 11) is 0. The summed E-state index contributed by atoms with van der Waals surface area (Å²) in [6.45, 7) is 8.31. The van der Waals surface area contributed by atoms with Gasteiger partial charge in [-0.3, -0.25) is 59.7 Å². The van der Waals surface area contributed by atoms with Crippen molar-refractivity contribution < 1.29 is 19.2 Å². The third-order valence-electron chi connectivity index (χ3n) is 10.7. The highest BCUT2D eigenvalue weighted by Gasteiger charge is 2.46. The van der Waals surface area contributed by atoms with E-state index >= 15 is 0 Å². The summed E-state index contributed by atoms with van der Waals surface area (Å²) < 4.78 is 1.90. The second-order valence-corrected chi connectivity index (χ2v) is 15.8. The molecule has 57 heavy (non-hydrogen) atoms. The summed E-state index contributed by atoms with van der Waals surface area (Å²) in [6, 6.07) is 11.7. The smallest absolute Gasteiger partial charge is 0.264 e. The van der Waals surface area contributed by atoms with Crippen molar-refractivity contribution in [2.24, 2.45) is 4.99 Å². The number of hydrogen-bond donors (Lipinski definition) is 3. The molecule has 2 fully saturated rings. The lowest BCUT2D eigenvalue weighted by atomic mass is 9.99. The molecule has 0 aliphatic carbocycles. The Morgan fingerprint density at radius 1 is 1.00 bits per heavy atom. The maximum Gasteiger partial charge on any atom is 0.264 e. The summed E-state index contributed by atoms with van der Waals surface area (Å²) in [5.41, 5.74) is 5.52. The van der Waals surface area contributed by atoms with Gasteiger partial charge in [0.15, 0.2) is 0 Å². The number of rotatable bonds is 7. The Bertz CT molecular complexity index is 2450. The van der Waals surface area contributed by atoms with E-state index < -0.39 is 29.7 Å². The zero-order valence-electron chi connectivity index (χ0n) is 31.4. The highest BCUT2D eigenvalue weighted by atomic mass is 35.5. The second-order valence-electron chi connectivity index (χ2n) is 14.3. The number of amides is 4. The normalized spacial score (nSPS) is 18.5. The number of halogens is 1. The van der Waals surface area contributed by atoms with Crippen molar-refractivity contribution in [2.45, 2.75) is 45.7 Å². The van der Waals surface area contributed by atoms with Crippen LogP contribution in [0.15, 0.2) is 59.9 Å². The number of benzene rings is 2. The number of hydrogen-bond acceptors (Lipinski definition) is 11. The first-order valence-corrected chi connectivity index (χ1v) is 19.9. The van der Waals surface area contributed by atoms with Gasteiger partial charge >= 0.3 is 0 Å².